The van der Waals surface area contributed by atoms with Gasteiger partial charge in [-0.05, 0) is 61.5 Å². The maximum absolute atomic E-state index is 12.7. The van der Waals surface area contributed by atoms with Crippen molar-refractivity contribution in [2.24, 2.45) is 16.0 Å². The molecule has 0 bridgehead atoms. The summed E-state index contributed by atoms with van der Waals surface area (Å²) in [6, 6.07) is 7.30. The molecule has 2 aliphatic rings. The van der Waals surface area contributed by atoms with Crippen LogP contribution in [0.3, 0.4) is 0 Å². The molecule has 0 radical (unpaired) electrons. The minimum Gasteiger partial charge on any atom is -0.318 e. The van der Waals surface area contributed by atoms with E-state index in [0.29, 0.717) is 15.2 Å². The first-order valence-electron chi connectivity index (χ1n) is 9.31. The predicted molar refractivity (Wildman–Crippen MR) is 125 cm³/mol. The molecule has 2 aliphatic heterocycles. The van der Waals surface area contributed by atoms with Crippen molar-refractivity contribution in [1.82, 2.24) is 9.58 Å². The van der Waals surface area contributed by atoms with Crippen LogP contribution in [0.5, 0.6) is 0 Å². The quantitative estimate of drug-likeness (QED) is 0.600. The number of aryl methyl sites for hydroxylation is 1. The van der Waals surface area contributed by atoms with Crippen LogP contribution in [-0.4, -0.2) is 31.5 Å². The summed E-state index contributed by atoms with van der Waals surface area (Å²) < 4.78 is 2.01. The number of amidine groups is 2. The van der Waals surface area contributed by atoms with E-state index in [-0.39, 0.29) is 17.3 Å². The van der Waals surface area contributed by atoms with Crippen molar-refractivity contribution in [3.8, 4) is 5.69 Å². The molecule has 3 heterocycles. The van der Waals surface area contributed by atoms with Gasteiger partial charge in [0.05, 0.1) is 5.57 Å². The number of aliphatic imine (C=N–C) groups is 1. The first-order valence-corrected chi connectivity index (χ1v) is 10.9. The third kappa shape index (κ3) is 3.62. The summed E-state index contributed by atoms with van der Waals surface area (Å²) in [5.74, 6) is -0.208. The highest BCUT2D eigenvalue weighted by molar-refractivity contribution is 8.27. The van der Waals surface area contributed by atoms with Crippen molar-refractivity contribution < 1.29 is 4.79 Å². The molecule has 6 nitrogen and oxygen atoms in total. The molecule has 0 saturated heterocycles. The summed E-state index contributed by atoms with van der Waals surface area (Å²) in [6.07, 6.45) is 1.70. The van der Waals surface area contributed by atoms with E-state index in [0.717, 1.165) is 27.7 Å². The zero-order valence-electron chi connectivity index (χ0n) is 16.8. The average molecular weight is 460 g/mol. The number of halogens is 2. The molecular formula is C21H19Cl2N5OS. The van der Waals surface area contributed by atoms with Gasteiger partial charge in [-0.15, -0.1) is 0 Å². The van der Waals surface area contributed by atoms with Crippen molar-refractivity contribution in [3.63, 3.8) is 0 Å². The molecule has 2 aromatic rings. The lowest BCUT2D eigenvalue weighted by molar-refractivity contribution is -0.114. The fourth-order valence-corrected chi connectivity index (χ4v) is 4.80. The lowest BCUT2D eigenvalue weighted by atomic mass is 10.1. The normalized spacial score (nSPS) is 17.7. The highest BCUT2D eigenvalue weighted by Gasteiger charge is 2.36. The van der Waals surface area contributed by atoms with E-state index >= 15 is 0 Å². The lowest BCUT2D eigenvalue weighted by Gasteiger charge is -2.20. The van der Waals surface area contributed by atoms with E-state index in [1.165, 1.54) is 16.8 Å². The van der Waals surface area contributed by atoms with E-state index in [1.54, 1.807) is 12.1 Å². The average Bonchev–Trinajstić information content (AvgIpc) is 3.19. The van der Waals surface area contributed by atoms with Crippen molar-refractivity contribution in [2.45, 2.75) is 27.7 Å². The van der Waals surface area contributed by atoms with Gasteiger partial charge >= 0.3 is 0 Å². The Kier molecular flexibility index (Phi) is 5.38. The van der Waals surface area contributed by atoms with E-state index in [2.05, 4.69) is 10.1 Å². The highest BCUT2D eigenvalue weighted by Crippen LogP contribution is 2.32. The number of carbonyl (C=O) groups is 1. The molecule has 1 aromatic carbocycles. The van der Waals surface area contributed by atoms with E-state index in [1.807, 2.05) is 50.5 Å². The van der Waals surface area contributed by atoms with Crippen molar-refractivity contribution >= 4 is 63.0 Å². The van der Waals surface area contributed by atoms with Crippen molar-refractivity contribution in [2.75, 3.05) is 0 Å². The number of thioether (sulfide) groups is 1. The Morgan fingerprint density at radius 3 is 2.43 bits per heavy atom. The molecule has 9 heteroatoms. The van der Waals surface area contributed by atoms with Gasteiger partial charge in [-0.2, -0.15) is 15.1 Å². The number of benzene rings is 1. The molecule has 0 atom stereocenters. The summed E-state index contributed by atoms with van der Waals surface area (Å²) in [6.45, 7) is 7.94. The third-order valence-corrected chi connectivity index (χ3v) is 6.49. The number of aromatic nitrogens is 1. The molecule has 0 spiro atoms. The molecule has 1 aromatic heterocycles. The maximum Gasteiger partial charge on any atom is 0.283 e. The Hall–Kier alpha value is -2.35. The van der Waals surface area contributed by atoms with Gasteiger partial charge in [-0.1, -0.05) is 37.0 Å². The van der Waals surface area contributed by atoms with Crippen LogP contribution in [0.1, 0.15) is 30.8 Å². The van der Waals surface area contributed by atoms with Crippen molar-refractivity contribution in [1.29, 1.82) is 5.41 Å². The number of hydrogen-bond acceptors (Lipinski definition) is 4. The van der Waals surface area contributed by atoms with E-state index < -0.39 is 5.91 Å². The SMILES string of the molecule is Cc1cc(C=C2C(=N)N3N=C(C(C)C)SC3=NC2=O)c(C)n1-c1cc(Cl)cc(Cl)c1. The van der Waals surface area contributed by atoms with Gasteiger partial charge in [-0.3, -0.25) is 10.2 Å². The number of carbonyl (C=O) groups excluding carboxylic acids is 1. The Morgan fingerprint density at radius 1 is 1.13 bits per heavy atom. The second-order valence-corrected chi connectivity index (χ2v) is 9.26. The second kappa shape index (κ2) is 7.72. The summed E-state index contributed by atoms with van der Waals surface area (Å²) in [5, 5.41) is 16.8. The Morgan fingerprint density at radius 2 is 1.80 bits per heavy atom. The van der Waals surface area contributed by atoms with Crippen LogP contribution in [0.15, 0.2) is 39.9 Å². The molecule has 1 N–H and O–H groups in total. The molecule has 0 fully saturated rings. The highest BCUT2D eigenvalue weighted by atomic mass is 35.5. The zero-order chi connectivity index (χ0) is 21.7. The molecule has 0 unspecified atom stereocenters. The van der Waals surface area contributed by atoms with Gasteiger partial charge in [0.15, 0.2) is 5.84 Å². The van der Waals surface area contributed by atoms with Crippen LogP contribution in [0.2, 0.25) is 10.0 Å². The van der Waals surface area contributed by atoms with Gasteiger partial charge in [0, 0.05) is 33.0 Å². The van der Waals surface area contributed by atoms with Gasteiger partial charge in [-0.25, -0.2) is 0 Å². The number of nitrogens with one attached hydrogen (secondary N) is 1. The second-order valence-electron chi connectivity index (χ2n) is 7.40. The molecule has 154 valence electrons. The standard InChI is InChI=1S/C21H19Cl2N5OS/c1-10(2)20-26-28-18(24)17(19(29)25-21(28)30-20)6-13-5-11(3)27(12(13)4)16-8-14(22)7-15(23)9-16/h5-10,24H,1-4H3. The smallest absolute Gasteiger partial charge is 0.283 e. The Bertz CT molecular complexity index is 1170. The summed E-state index contributed by atoms with van der Waals surface area (Å²) in [7, 11) is 0. The van der Waals surface area contributed by atoms with Crippen LogP contribution in [-0.2, 0) is 4.79 Å². The van der Waals surface area contributed by atoms with Crippen LogP contribution in [0.25, 0.3) is 11.8 Å². The van der Waals surface area contributed by atoms with Gasteiger partial charge in [0.1, 0.15) is 5.04 Å². The monoisotopic (exact) mass is 459 g/mol. The van der Waals surface area contributed by atoms with Crippen LogP contribution in [0, 0.1) is 25.2 Å². The number of fused-ring (bicyclic) bond motifs is 1. The topological polar surface area (TPSA) is 73.8 Å². The summed E-state index contributed by atoms with van der Waals surface area (Å²) >= 11 is 13.7. The minimum absolute atomic E-state index is 0.0313. The number of hydrogen-bond donors (Lipinski definition) is 1. The first-order chi connectivity index (χ1) is 14.2. The van der Waals surface area contributed by atoms with Crippen LogP contribution < -0.4 is 0 Å². The molecule has 0 aliphatic carbocycles. The van der Waals surface area contributed by atoms with Gasteiger partial charge in [0.25, 0.3) is 5.91 Å². The maximum atomic E-state index is 12.7. The van der Waals surface area contributed by atoms with Crippen molar-refractivity contribution in [3.05, 3.63) is 56.8 Å². The zero-order valence-corrected chi connectivity index (χ0v) is 19.2. The molecule has 0 saturated carbocycles. The fraction of sp³-hybridized carbons (Fsp3) is 0.238. The molecule has 4 rings (SSSR count). The fourth-order valence-electron chi connectivity index (χ4n) is 3.40. The van der Waals surface area contributed by atoms with Crippen LogP contribution in [0.4, 0.5) is 0 Å². The van der Waals surface area contributed by atoms with Gasteiger partial charge in [0.2, 0.25) is 5.17 Å². The number of rotatable bonds is 3. The number of nitrogens with zero attached hydrogens (tertiary/aromatic N) is 4. The number of hydrazone groups is 1. The van der Waals surface area contributed by atoms with E-state index in [4.69, 9.17) is 28.6 Å². The van der Waals surface area contributed by atoms with E-state index in [9.17, 15) is 4.79 Å². The lowest BCUT2D eigenvalue weighted by Crippen LogP contribution is -2.35. The van der Waals surface area contributed by atoms with Gasteiger partial charge < -0.3 is 4.57 Å². The largest absolute Gasteiger partial charge is 0.318 e. The molecule has 30 heavy (non-hydrogen) atoms. The van der Waals surface area contributed by atoms with Crippen LogP contribution >= 0.6 is 35.0 Å². The third-order valence-electron chi connectivity index (χ3n) is 4.84. The molecular weight excluding hydrogens is 441 g/mol. The predicted octanol–water partition coefficient (Wildman–Crippen LogP) is 5.68. The first kappa shape index (κ1) is 20.9. The molecule has 1 amide bonds. The minimum atomic E-state index is -0.436. The Balaban J connectivity index is 1.76. The summed E-state index contributed by atoms with van der Waals surface area (Å²) in [5.41, 5.74) is 3.71. The number of amides is 1. The Labute approximate surface area is 188 Å². The summed E-state index contributed by atoms with van der Waals surface area (Å²) in [4.78, 5) is 16.8.